The van der Waals surface area contributed by atoms with E-state index in [1.165, 1.54) is 5.56 Å². The van der Waals surface area contributed by atoms with Gasteiger partial charge in [0.1, 0.15) is 0 Å². The zero-order valence-electron chi connectivity index (χ0n) is 11.3. The lowest BCUT2D eigenvalue weighted by atomic mass is 10.0. The van der Waals surface area contributed by atoms with Crippen molar-refractivity contribution in [1.29, 1.82) is 0 Å². The van der Waals surface area contributed by atoms with E-state index in [4.69, 9.17) is 0 Å². The van der Waals surface area contributed by atoms with Gasteiger partial charge in [0.25, 0.3) is 0 Å². The Morgan fingerprint density at radius 2 is 2.11 bits per heavy atom. The molecule has 1 atom stereocenters. The summed E-state index contributed by atoms with van der Waals surface area (Å²) in [7, 11) is 0. The summed E-state index contributed by atoms with van der Waals surface area (Å²) < 4.78 is 0. The van der Waals surface area contributed by atoms with Gasteiger partial charge < -0.3 is 15.7 Å². The molecule has 18 heavy (non-hydrogen) atoms. The second kappa shape index (κ2) is 6.40. The molecule has 0 spiro atoms. The number of aliphatic hydroxyl groups is 1. The summed E-state index contributed by atoms with van der Waals surface area (Å²) in [5, 5.41) is 15.2. The maximum Gasteiger partial charge on any atom is 0.319 e. The highest BCUT2D eigenvalue weighted by Gasteiger charge is 2.18. The molecule has 0 radical (unpaired) electrons. The Kier molecular flexibility index (Phi) is 5.16. The minimum atomic E-state index is -0.859. The van der Waals surface area contributed by atoms with Gasteiger partial charge in [-0.1, -0.05) is 26.0 Å². The molecule has 2 amide bonds. The normalized spacial score (nSPS) is 13.8. The smallest absolute Gasteiger partial charge is 0.319 e. The van der Waals surface area contributed by atoms with Crippen molar-refractivity contribution >= 4 is 11.7 Å². The zero-order chi connectivity index (χ0) is 13.6. The van der Waals surface area contributed by atoms with E-state index in [1.807, 2.05) is 31.2 Å². The maximum atomic E-state index is 11.6. The Morgan fingerprint density at radius 3 is 2.72 bits per heavy atom. The first-order valence-corrected chi connectivity index (χ1v) is 6.33. The van der Waals surface area contributed by atoms with Crippen molar-refractivity contribution in [3.8, 4) is 0 Å². The van der Waals surface area contributed by atoms with Crippen LogP contribution in [0, 0.1) is 0 Å². The van der Waals surface area contributed by atoms with Crippen LogP contribution < -0.4 is 10.6 Å². The molecule has 0 saturated heterocycles. The van der Waals surface area contributed by atoms with Gasteiger partial charge in [0.05, 0.1) is 5.60 Å². The summed E-state index contributed by atoms with van der Waals surface area (Å²) in [6.45, 7) is 5.88. The van der Waals surface area contributed by atoms with Crippen LogP contribution in [-0.4, -0.2) is 23.3 Å². The number of amides is 2. The number of hydrogen-bond acceptors (Lipinski definition) is 2. The van der Waals surface area contributed by atoms with E-state index in [9.17, 15) is 9.90 Å². The lowest BCUT2D eigenvalue weighted by Gasteiger charge is -2.21. The van der Waals surface area contributed by atoms with E-state index in [1.54, 1.807) is 6.92 Å². The van der Waals surface area contributed by atoms with Gasteiger partial charge in [0.2, 0.25) is 0 Å². The lowest BCUT2D eigenvalue weighted by molar-refractivity contribution is 0.0587. The predicted octanol–water partition coefficient (Wildman–Crippen LogP) is 2.53. The molecule has 1 aromatic rings. The van der Waals surface area contributed by atoms with E-state index in [0.717, 1.165) is 12.1 Å². The largest absolute Gasteiger partial charge is 0.388 e. The van der Waals surface area contributed by atoms with E-state index in [-0.39, 0.29) is 12.6 Å². The number of nitrogens with one attached hydrogen (secondary N) is 2. The predicted molar refractivity (Wildman–Crippen MR) is 73.8 cm³/mol. The molecular weight excluding hydrogens is 228 g/mol. The molecule has 0 aliphatic carbocycles. The molecule has 0 saturated carbocycles. The second-order valence-corrected chi connectivity index (χ2v) is 4.71. The molecule has 4 nitrogen and oxygen atoms in total. The van der Waals surface area contributed by atoms with Crippen molar-refractivity contribution in [2.45, 2.75) is 39.2 Å². The Balaban J connectivity index is 2.49. The molecular formula is C14H22N2O2. The number of urea groups is 1. The van der Waals surface area contributed by atoms with Crippen LogP contribution in [0.3, 0.4) is 0 Å². The van der Waals surface area contributed by atoms with Gasteiger partial charge in [-0.15, -0.1) is 0 Å². The van der Waals surface area contributed by atoms with Crippen LogP contribution in [0.1, 0.15) is 32.8 Å². The summed E-state index contributed by atoms with van der Waals surface area (Å²) in [6, 6.07) is 7.42. The molecule has 100 valence electrons. The fourth-order valence-corrected chi connectivity index (χ4v) is 1.44. The first-order chi connectivity index (χ1) is 8.46. The van der Waals surface area contributed by atoms with Crippen LogP contribution in [0.2, 0.25) is 0 Å². The number of anilines is 1. The maximum absolute atomic E-state index is 11.6. The Labute approximate surface area is 108 Å². The van der Waals surface area contributed by atoms with Gasteiger partial charge in [-0.05, 0) is 37.5 Å². The van der Waals surface area contributed by atoms with Crippen molar-refractivity contribution in [2.75, 3.05) is 11.9 Å². The van der Waals surface area contributed by atoms with E-state index >= 15 is 0 Å². The summed E-state index contributed by atoms with van der Waals surface area (Å²) in [6.07, 6.45) is 1.53. The quantitative estimate of drug-likeness (QED) is 0.752. The lowest BCUT2D eigenvalue weighted by Crippen LogP contribution is -2.41. The number of hydrogen-bond donors (Lipinski definition) is 3. The van der Waals surface area contributed by atoms with Crippen LogP contribution >= 0.6 is 0 Å². The molecule has 0 aliphatic heterocycles. The number of aryl methyl sites for hydroxylation is 1. The van der Waals surface area contributed by atoms with Gasteiger partial charge in [-0.25, -0.2) is 4.79 Å². The minimum absolute atomic E-state index is 0.239. The van der Waals surface area contributed by atoms with E-state index < -0.39 is 5.60 Å². The van der Waals surface area contributed by atoms with Gasteiger partial charge in [-0.3, -0.25) is 0 Å². The van der Waals surface area contributed by atoms with E-state index in [0.29, 0.717) is 6.42 Å². The van der Waals surface area contributed by atoms with Crippen LogP contribution in [0.15, 0.2) is 24.3 Å². The van der Waals surface area contributed by atoms with Crippen molar-refractivity contribution in [3.05, 3.63) is 29.8 Å². The summed E-state index contributed by atoms with van der Waals surface area (Å²) in [4.78, 5) is 11.6. The van der Waals surface area contributed by atoms with Crippen molar-refractivity contribution in [2.24, 2.45) is 0 Å². The zero-order valence-corrected chi connectivity index (χ0v) is 11.3. The van der Waals surface area contributed by atoms with Crippen LogP contribution in [0.5, 0.6) is 0 Å². The number of carbonyl (C=O) groups excluding carboxylic acids is 1. The minimum Gasteiger partial charge on any atom is -0.388 e. The van der Waals surface area contributed by atoms with Crippen LogP contribution in [0.4, 0.5) is 10.5 Å². The average molecular weight is 250 g/mol. The highest BCUT2D eigenvalue weighted by molar-refractivity contribution is 5.89. The molecule has 0 aliphatic rings. The molecule has 4 heteroatoms. The molecule has 1 aromatic carbocycles. The summed E-state index contributed by atoms with van der Waals surface area (Å²) in [5.41, 5.74) is 1.08. The van der Waals surface area contributed by atoms with Gasteiger partial charge in [0, 0.05) is 12.2 Å². The molecule has 3 N–H and O–H groups in total. The topological polar surface area (TPSA) is 61.4 Å². The monoisotopic (exact) mass is 250 g/mol. The van der Waals surface area contributed by atoms with Crippen molar-refractivity contribution in [1.82, 2.24) is 5.32 Å². The molecule has 1 rings (SSSR count). The van der Waals surface area contributed by atoms with Crippen LogP contribution in [0.25, 0.3) is 0 Å². The first-order valence-electron chi connectivity index (χ1n) is 6.33. The van der Waals surface area contributed by atoms with Gasteiger partial charge in [-0.2, -0.15) is 0 Å². The third-order valence-electron chi connectivity index (χ3n) is 2.98. The van der Waals surface area contributed by atoms with Gasteiger partial charge >= 0.3 is 6.03 Å². The Morgan fingerprint density at radius 1 is 1.39 bits per heavy atom. The van der Waals surface area contributed by atoms with Crippen molar-refractivity contribution < 1.29 is 9.90 Å². The fraction of sp³-hybridized carbons (Fsp3) is 0.500. The first kappa shape index (κ1) is 14.5. The second-order valence-electron chi connectivity index (χ2n) is 4.71. The third-order valence-corrected chi connectivity index (χ3v) is 2.98. The highest BCUT2D eigenvalue weighted by atomic mass is 16.3. The average Bonchev–Trinajstić information content (AvgIpc) is 2.37. The van der Waals surface area contributed by atoms with Crippen molar-refractivity contribution in [3.63, 3.8) is 0 Å². The summed E-state index contributed by atoms with van der Waals surface area (Å²) in [5.74, 6) is 0. The molecule has 0 aromatic heterocycles. The number of carbonyl (C=O) groups is 1. The Hall–Kier alpha value is -1.55. The number of rotatable bonds is 5. The van der Waals surface area contributed by atoms with E-state index in [2.05, 4.69) is 17.6 Å². The summed E-state index contributed by atoms with van der Waals surface area (Å²) >= 11 is 0. The Bertz CT molecular complexity index is 403. The SMILES string of the molecule is CCc1cccc(NC(=O)NC[C@](C)(O)CC)c1. The molecule has 0 heterocycles. The highest BCUT2D eigenvalue weighted by Crippen LogP contribution is 2.11. The standard InChI is InChI=1S/C14H22N2O2/c1-4-11-7-6-8-12(9-11)16-13(17)15-10-14(3,18)5-2/h6-9,18H,4-5,10H2,1-3H3,(H2,15,16,17)/t14-/m1/s1. The fourth-order valence-electron chi connectivity index (χ4n) is 1.44. The molecule has 0 bridgehead atoms. The molecule has 0 fully saturated rings. The number of benzene rings is 1. The van der Waals surface area contributed by atoms with Gasteiger partial charge in [0.15, 0.2) is 0 Å². The molecule has 0 unspecified atom stereocenters. The third kappa shape index (κ3) is 4.75. The van der Waals surface area contributed by atoms with Crippen LogP contribution in [-0.2, 0) is 6.42 Å².